The lowest BCUT2D eigenvalue weighted by molar-refractivity contribution is -0.305. The molecule has 3 unspecified atom stereocenters. The Morgan fingerprint density at radius 2 is 1.20 bits per heavy atom. The third kappa shape index (κ3) is 15.9. The number of rotatable bonds is 17. The topological polar surface area (TPSA) is 152 Å². The molecule has 1 heterocycles. The Balaban J connectivity index is 1.66. The summed E-state index contributed by atoms with van der Waals surface area (Å²) in [6.07, 6.45) is 20.8. The van der Waals surface area contributed by atoms with Crippen LogP contribution >= 0.6 is 0 Å². The number of hydrogen-bond acceptors (Lipinski definition) is 10. The molecule has 1 saturated heterocycles. The van der Waals surface area contributed by atoms with E-state index >= 15 is 0 Å². The highest BCUT2D eigenvalue weighted by Gasteiger charge is 2.44. The van der Waals surface area contributed by atoms with Crippen LogP contribution in [0.2, 0.25) is 0 Å². The molecule has 0 aromatic rings. The molecule has 3 rings (SSSR count). The van der Waals surface area contributed by atoms with E-state index in [9.17, 15) is 30.0 Å². The molecule has 0 spiro atoms. The molecule has 0 bridgehead atoms. The van der Waals surface area contributed by atoms with Gasteiger partial charge in [0.1, 0.15) is 31.0 Å². The number of aliphatic hydroxyl groups is 4. The molecule has 326 valence electrons. The van der Waals surface area contributed by atoms with Gasteiger partial charge in [0, 0.05) is 12.2 Å². The number of esters is 2. The van der Waals surface area contributed by atoms with Crippen LogP contribution in [-0.4, -0.2) is 89.0 Å². The van der Waals surface area contributed by atoms with E-state index in [-0.39, 0.29) is 10.8 Å². The van der Waals surface area contributed by atoms with Gasteiger partial charge in [0.05, 0.1) is 13.2 Å². The molecule has 6 atom stereocenters. The van der Waals surface area contributed by atoms with Gasteiger partial charge in [0.15, 0.2) is 12.4 Å². The molecule has 0 saturated carbocycles. The molecule has 1 aliphatic heterocycles. The fourth-order valence-corrected chi connectivity index (χ4v) is 7.67. The van der Waals surface area contributed by atoms with Gasteiger partial charge in [-0.3, -0.25) is 0 Å². The molecule has 0 aromatic carbocycles. The molecule has 3 aliphatic rings. The largest absolute Gasteiger partial charge is 0.458 e. The van der Waals surface area contributed by atoms with E-state index in [1.54, 1.807) is 26.0 Å². The molecule has 2 aliphatic carbocycles. The zero-order valence-corrected chi connectivity index (χ0v) is 37.0. The van der Waals surface area contributed by atoms with Crippen LogP contribution in [-0.2, 0) is 28.5 Å². The highest BCUT2D eigenvalue weighted by atomic mass is 16.7. The number of carbonyl (C=O) groups excluding carboxylic acids is 2. The predicted molar refractivity (Wildman–Crippen MR) is 233 cm³/mol. The van der Waals surface area contributed by atoms with Crippen molar-refractivity contribution >= 4 is 11.9 Å². The third-order valence-electron chi connectivity index (χ3n) is 11.2. The molecule has 4 N–H and O–H groups in total. The zero-order valence-electron chi connectivity index (χ0n) is 37.0. The van der Waals surface area contributed by atoms with Gasteiger partial charge >= 0.3 is 11.9 Å². The van der Waals surface area contributed by atoms with Crippen molar-refractivity contribution in [3.8, 4) is 0 Å². The van der Waals surface area contributed by atoms with Crippen molar-refractivity contribution in [3.63, 3.8) is 0 Å². The summed E-state index contributed by atoms with van der Waals surface area (Å²) in [5, 5.41) is 40.3. The lowest BCUT2D eigenvalue weighted by Gasteiger charge is -2.39. The van der Waals surface area contributed by atoms with Crippen LogP contribution in [0.15, 0.2) is 117 Å². The SMILES string of the molecule is CC1=C(/C=C/C(C)=C/C=C/C(C)=C/C(=O)OCC(CO[C@@H]2OC(CO)[C@@H](O)[C@H](O)C2O)OC(=O)/C=C(C)/C=C/C=C(C)/C=C/C2=C(C)CCCC2(C)C)C(C)(C)CCC1. The van der Waals surface area contributed by atoms with E-state index in [2.05, 4.69) is 65.8 Å². The summed E-state index contributed by atoms with van der Waals surface area (Å²) in [6.45, 7) is 19.7. The number of carbonyl (C=O) groups is 2. The maximum Gasteiger partial charge on any atom is 0.331 e. The molecule has 0 radical (unpaired) electrons. The third-order valence-corrected chi connectivity index (χ3v) is 11.2. The molecular weight excluding hydrogens is 749 g/mol. The van der Waals surface area contributed by atoms with Crippen molar-refractivity contribution < 1.29 is 49.0 Å². The first-order valence-corrected chi connectivity index (χ1v) is 20.9. The summed E-state index contributed by atoms with van der Waals surface area (Å²) in [5.74, 6) is -1.40. The number of allylic oxidation sites excluding steroid dienone is 18. The number of aliphatic hydroxyl groups excluding tert-OH is 4. The minimum atomic E-state index is -1.66. The van der Waals surface area contributed by atoms with Crippen LogP contribution in [0.3, 0.4) is 0 Å². The summed E-state index contributed by atoms with van der Waals surface area (Å²) < 4.78 is 22.1. The van der Waals surface area contributed by atoms with Crippen LogP contribution in [0.1, 0.15) is 108 Å². The first-order valence-electron chi connectivity index (χ1n) is 20.9. The van der Waals surface area contributed by atoms with E-state index in [0.717, 1.165) is 30.4 Å². The summed E-state index contributed by atoms with van der Waals surface area (Å²) in [6, 6.07) is 0. The standard InChI is InChI=1S/C49H70O10/c1-32(21-23-39-36(5)19-13-25-48(39,7)8)15-11-17-34(3)27-42(51)56-30-38(31-57-47-46(55)45(54)44(53)41(29-50)59-47)58-43(52)28-35(4)18-12-16-33(2)22-24-40-37(6)20-14-26-49(40,9)10/h11-12,15-18,21-24,27-28,38,41,44-47,50,53-55H,13-14,19-20,25-26,29-31H2,1-10H3/b17-11+,18-12+,23-21+,24-22+,32-15+,33-16+,34-27+,35-28+/t38?,41?,44-,45+,46?,47-/m1/s1. The molecule has 1 fully saturated rings. The number of hydrogen-bond donors (Lipinski definition) is 4. The lowest BCUT2D eigenvalue weighted by Crippen LogP contribution is -2.59. The van der Waals surface area contributed by atoms with Gasteiger partial charge in [-0.15, -0.1) is 0 Å². The Morgan fingerprint density at radius 1 is 0.712 bits per heavy atom. The first-order chi connectivity index (χ1) is 27.7. The Morgan fingerprint density at radius 3 is 1.68 bits per heavy atom. The molecule has 0 aromatic heterocycles. The van der Waals surface area contributed by atoms with E-state index in [1.165, 1.54) is 53.7 Å². The van der Waals surface area contributed by atoms with E-state index in [1.807, 2.05) is 38.2 Å². The molecule has 0 amide bonds. The Bertz CT molecular complexity index is 1770. The van der Waals surface area contributed by atoms with Gasteiger partial charge in [0.2, 0.25) is 0 Å². The average Bonchev–Trinajstić information content (AvgIpc) is 3.14. The van der Waals surface area contributed by atoms with Gasteiger partial charge in [0.25, 0.3) is 0 Å². The zero-order chi connectivity index (χ0) is 43.9. The van der Waals surface area contributed by atoms with Crippen molar-refractivity contribution in [2.45, 2.75) is 145 Å². The summed E-state index contributed by atoms with van der Waals surface area (Å²) >= 11 is 0. The van der Waals surface area contributed by atoms with Crippen LogP contribution in [0.25, 0.3) is 0 Å². The smallest absolute Gasteiger partial charge is 0.331 e. The normalized spacial score (nSPS) is 26.8. The van der Waals surface area contributed by atoms with Gasteiger partial charge in [-0.25, -0.2) is 9.59 Å². The van der Waals surface area contributed by atoms with Crippen LogP contribution in [0.5, 0.6) is 0 Å². The second kappa shape index (κ2) is 23.2. The van der Waals surface area contributed by atoms with Crippen LogP contribution < -0.4 is 0 Å². The Hall–Kier alpha value is -3.90. The van der Waals surface area contributed by atoms with Crippen LogP contribution in [0, 0.1) is 10.8 Å². The average molecular weight is 819 g/mol. The van der Waals surface area contributed by atoms with Crippen molar-refractivity contribution in [2.24, 2.45) is 10.8 Å². The number of ether oxygens (including phenoxy) is 4. The second-order valence-corrected chi connectivity index (χ2v) is 17.6. The maximum absolute atomic E-state index is 13.0. The van der Waals surface area contributed by atoms with Gasteiger partial charge in [-0.1, -0.05) is 111 Å². The van der Waals surface area contributed by atoms with Crippen molar-refractivity contribution in [2.75, 3.05) is 19.8 Å². The Labute approximate surface area is 352 Å². The molecular formula is C49H70O10. The van der Waals surface area contributed by atoms with Crippen LogP contribution in [0.4, 0.5) is 0 Å². The van der Waals surface area contributed by atoms with Gasteiger partial charge in [-0.2, -0.15) is 0 Å². The van der Waals surface area contributed by atoms with Crippen molar-refractivity contribution in [1.82, 2.24) is 0 Å². The summed E-state index contributed by atoms with van der Waals surface area (Å²) in [4.78, 5) is 25.9. The van der Waals surface area contributed by atoms with Crippen molar-refractivity contribution in [1.29, 1.82) is 0 Å². The summed E-state index contributed by atoms with van der Waals surface area (Å²) in [7, 11) is 0. The molecule has 10 heteroatoms. The fourth-order valence-electron chi connectivity index (χ4n) is 7.67. The van der Waals surface area contributed by atoms with E-state index in [4.69, 9.17) is 18.9 Å². The van der Waals surface area contributed by atoms with Gasteiger partial charge in [-0.05, 0) is 113 Å². The Kier molecular flexibility index (Phi) is 19.4. The minimum absolute atomic E-state index is 0.149. The van der Waals surface area contributed by atoms with E-state index in [0.29, 0.717) is 11.1 Å². The minimum Gasteiger partial charge on any atom is -0.458 e. The summed E-state index contributed by atoms with van der Waals surface area (Å²) in [5.41, 5.74) is 9.29. The lowest BCUT2D eigenvalue weighted by atomic mass is 9.72. The van der Waals surface area contributed by atoms with Crippen molar-refractivity contribution in [3.05, 3.63) is 117 Å². The predicted octanol–water partition coefficient (Wildman–Crippen LogP) is 8.32. The second-order valence-electron chi connectivity index (χ2n) is 17.6. The molecule has 10 nitrogen and oxygen atoms in total. The maximum atomic E-state index is 13.0. The molecule has 59 heavy (non-hydrogen) atoms. The van der Waals surface area contributed by atoms with E-state index < -0.39 is 68.6 Å². The highest BCUT2D eigenvalue weighted by molar-refractivity contribution is 5.84. The fraction of sp³-hybridized carbons (Fsp3) is 0.551. The first kappa shape index (κ1) is 49.5. The van der Waals surface area contributed by atoms with Gasteiger partial charge < -0.3 is 39.4 Å². The quantitative estimate of drug-likeness (QED) is 0.0641. The monoisotopic (exact) mass is 818 g/mol. The highest BCUT2D eigenvalue weighted by Crippen LogP contribution is 2.42.